The molecule has 1 fully saturated rings. The van der Waals surface area contributed by atoms with Crippen LogP contribution in [0.15, 0.2) is 28.7 Å². The SMILES string of the molecule is CCCCOC(=O)N1CCC(COc2ccc(Br)cc2)CC1. The zero-order chi connectivity index (χ0) is 15.8. The van der Waals surface area contributed by atoms with Crippen molar-refractivity contribution in [3.8, 4) is 5.75 Å². The van der Waals surface area contributed by atoms with Gasteiger partial charge < -0.3 is 14.4 Å². The Morgan fingerprint density at radius 3 is 2.59 bits per heavy atom. The maximum Gasteiger partial charge on any atom is 0.409 e. The van der Waals surface area contributed by atoms with Gasteiger partial charge in [-0.15, -0.1) is 0 Å². The first-order chi connectivity index (χ1) is 10.7. The number of unbranched alkanes of at least 4 members (excludes halogenated alkanes) is 1. The van der Waals surface area contributed by atoms with Crippen LogP contribution in [0.2, 0.25) is 0 Å². The van der Waals surface area contributed by atoms with Crippen molar-refractivity contribution >= 4 is 22.0 Å². The fourth-order valence-electron chi connectivity index (χ4n) is 2.42. The van der Waals surface area contributed by atoms with Gasteiger partial charge in [0.2, 0.25) is 0 Å². The summed E-state index contributed by atoms with van der Waals surface area (Å²) in [5.41, 5.74) is 0. The van der Waals surface area contributed by atoms with Gasteiger partial charge in [-0.3, -0.25) is 0 Å². The second kappa shape index (κ2) is 9.03. The molecule has 0 saturated carbocycles. The maximum atomic E-state index is 11.9. The third-order valence-corrected chi connectivity index (χ3v) is 4.42. The molecule has 0 spiro atoms. The number of carbonyl (C=O) groups is 1. The molecule has 4 nitrogen and oxygen atoms in total. The van der Waals surface area contributed by atoms with Gasteiger partial charge in [-0.1, -0.05) is 29.3 Å². The van der Waals surface area contributed by atoms with E-state index < -0.39 is 0 Å². The number of hydrogen-bond donors (Lipinski definition) is 0. The molecule has 5 heteroatoms. The largest absolute Gasteiger partial charge is 0.493 e. The number of halogens is 1. The van der Waals surface area contributed by atoms with E-state index in [-0.39, 0.29) is 6.09 Å². The Kier molecular flexibility index (Phi) is 7.03. The summed E-state index contributed by atoms with van der Waals surface area (Å²) in [6, 6.07) is 7.88. The Morgan fingerprint density at radius 2 is 1.95 bits per heavy atom. The van der Waals surface area contributed by atoms with Crippen molar-refractivity contribution in [3.05, 3.63) is 28.7 Å². The van der Waals surface area contributed by atoms with Gasteiger partial charge in [0.05, 0.1) is 13.2 Å². The summed E-state index contributed by atoms with van der Waals surface area (Å²) in [5.74, 6) is 1.40. The van der Waals surface area contributed by atoms with E-state index in [2.05, 4.69) is 22.9 Å². The van der Waals surface area contributed by atoms with E-state index in [1.807, 2.05) is 29.2 Å². The van der Waals surface area contributed by atoms with Gasteiger partial charge in [-0.2, -0.15) is 0 Å². The molecule has 1 aliphatic rings. The van der Waals surface area contributed by atoms with Crippen LogP contribution in [0.1, 0.15) is 32.6 Å². The van der Waals surface area contributed by atoms with Crippen molar-refractivity contribution in [2.45, 2.75) is 32.6 Å². The summed E-state index contributed by atoms with van der Waals surface area (Å²) in [7, 11) is 0. The average molecular weight is 370 g/mol. The molecule has 0 aliphatic carbocycles. The standard InChI is InChI=1S/C17H24BrNO3/c1-2-3-12-21-17(20)19-10-8-14(9-11-19)13-22-16-6-4-15(18)5-7-16/h4-7,14H,2-3,8-13H2,1H3. The number of carbonyl (C=O) groups excluding carboxylic acids is 1. The Balaban J connectivity index is 1.66. The van der Waals surface area contributed by atoms with E-state index in [1.165, 1.54) is 0 Å². The molecule has 1 heterocycles. The lowest BCUT2D eigenvalue weighted by molar-refractivity contribution is 0.0800. The van der Waals surface area contributed by atoms with Gasteiger partial charge in [0.15, 0.2) is 0 Å². The minimum Gasteiger partial charge on any atom is -0.493 e. The van der Waals surface area contributed by atoms with E-state index in [0.29, 0.717) is 19.1 Å². The Labute approximate surface area is 140 Å². The zero-order valence-electron chi connectivity index (χ0n) is 13.1. The van der Waals surface area contributed by atoms with E-state index in [1.54, 1.807) is 0 Å². The van der Waals surface area contributed by atoms with Crippen molar-refractivity contribution in [2.24, 2.45) is 5.92 Å². The highest BCUT2D eigenvalue weighted by Gasteiger charge is 2.24. The molecule has 1 aromatic carbocycles. The third kappa shape index (κ3) is 5.52. The minimum atomic E-state index is -0.166. The molecule has 1 aliphatic heterocycles. The Bertz CT molecular complexity index is 455. The first-order valence-electron chi connectivity index (χ1n) is 7.99. The molecule has 1 saturated heterocycles. The maximum absolute atomic E-state index is 11.9. The van der Waals surface area contributed by atoms with Crippen LogP contribution in [0.3, 0.4) is 0 Å². The molecule has 122 valence electrons. The fraction of sp³-hybridized carbons (Fsp3) is 0.588. The molecule has 0 unspecified atom stereocenters. The summed E-state index contributed by atoms with van der Waals surface area (Å²) in [6.45, 7) is 4.85. The molecule has 0 radical (unpaired) electrons. The van der Waals surface area contributed by atoms with Crippen LogP contribution in [0.25, 0.3) is 0 Å². The Morgan fingerprint density at radius 1 is 1.27 bits per heavy atom. The minimum absolute atomic E-state index is 0.166. The summed E-state index contributed by atoms with van der Waals surface area (Å²) >= 11 is 3.41. The normalized spacial score (nSPS) is 15.6. The van der Waals surface area contributed by atoms with Gasteiger partial charge >= 0.3 is 6.09 Å². The quantitative estimate of drug-likeness (QED) is 0.694. The molecule has 0 bridgehead atoms. The van der Waals surface area contributed by atoms with E-state index in [4.69, 9.17) is 9.47 Å². The molecule has 0 aromatic heterocycles. The van der Waals surface area contributed by atoms with Crippen LogP contribution >= 0.6 is 15.9 Å². The van der Waals surface area contributed by atoms with Gasteiger partial charge in [-0.25, -0.2) is 4.79 Å². The Hall–Kier alpha value is -1.23. The smallest absolute Gasteiger partial charge is 0.409 e. The lowest BCUT2D eigenvalue weighted by Gasteiger charge is -2.31. The van der Waals surface area contributed by atoms with E-state index >= 15 is 0 Å². The van der Waals surface area contributed by atoms with E-state index in [0.717, 1.165) is 49.0 Å². The topological polar surface area (TPSA) is 38.8 Å². The molecular weight excluding hydrogens is 346 g/mol. The van der Waals surface area contributed by atoms with Gasteiger partial charge in [0.1, 0.15) is 5.75 Å². The summed E-state index contributed by atoms with van der Waals surface area (Å²) < 4.78 is 12.1. The summed E-state index contributed by atoms with van der Waals surface area (Å²) in [4.78, 5) is 13.7. The van der Waals surface area contributed by atoms with Crippen molar-refractivity contribution in [1.82, 2.24) is 4.90 Å². The lowest BCUT2D eigenvalue weighted by atomic mass is 9.98. The second-order valence-corrected chi connectivity index (χ2v) is 6.58. The van der Waals surface area contributed by atoms with Gasteiger partial charge in [0.25, 0.3) is 0 Å². The number of likely N-dealkylation sites (tertiary alicyclic amines) is 1. The predicted molar refractivity (Wildman–Crippen MR) is 90.2 cm³/mol. The first kappa shape index (κ1) is 17.1. The second-order valence-electron chi connectivity index (χ2n) is 5.66. The molecule has 22 heavy (non-hydrogen) atoms. The molecule has 1 aromatic rings. The van der Waals surface area contributed by atoms with Crippen LogP contribution in [0, 0.1) is 5.92 Å². The number of amides is 1. The van der Waals surface area contributed by atoms with Crippen molar-refractivity contribution < 1.29 is 14.3 Å². The molecule has 0 atom stereocenters. The molecule has 1 amide bonds. The number of rotatable bonds is 6. The number of ether oxygens (including phenoxy) is 2. The van der Waals surface area contributed by atoms with Crippen LogP contribution in [-0.2, 0) is 4.74 Å². The van der Waals surface area contributed by atoms with Gasteiger partial charge in [-0.05, 0) is 49.4 Å². The summed E-state index contributed by atoms with van der Waals surface area (Å²) in [5, 5.41) is 0. The highest BCUT2D eigenvalue weighted by molar-refractivity contribution is 9.10. The highest BCUT2D eigenvalue weighted by Crippen LogP contribution is 2.21. The number of benzene rings is 1. The van der Waals surface area contributed by atoms with Gasteiger partial charge in [0, 0.05) is 17.6 Å². The highest BCUT2D eigenvalue weighted by atomic mass is 79.9. The zero-order valence-corrected chi connectivity index (χ0v) is 14.7. The number of nitrogens with zero attached hydrogens (tertiary/aromatic N) is 1. The molecule has 2 rings (SSSR count). The van der Waals surface area contributed by atoms with Crippen LogP contribution in [0.5, 0.6) is 5.75 Å². The van der Waals surface area contributed by atoms with Crippen LogP contribution in [0.4, 0.5) is 4.79 Å². The van der Waals surface area contributed by atoms with Crippen LogP contribution < -0.4 is 4.74 Å². The monoisotopic (exact) mass is 369 g/mol. The van der Waals surface area contributed by atoms with Crippen molar-refractivity contribution in [1.29, 1.82) is 0 Å². The summed E-state index contributed by atoms with van der Waals surface area (Å²) in [6.07, 6.45) is 3.76. The number of piperidine rings is 1. The number of hydrogen-bond acceptors (Lipinski definition) is 3. The lowest BCUT2D eigenvalue weighted by Crippen LogP contribution is -2.40. The van der Waals surface area contributed by atoms with Crippen molar-refractivity contribution in [3.63, 3.8) is 0 Å². The first-order valence-corrected chi connectivity index (χ1v) is 8.78. The third-order valence-electron chi connectivity index (χ3n) is 3.90. The average Bonchev–Trinajstić information content (AvgIpc) is 2.55. The van der Waals surface area contributed by atoms with Crippen molar-refractivity contribution in [2.75, 3.05) is 26.3 Å². The fourth-order valence-corrected chi connectivity index (χ4v) is 2.69. The molecule has 0 N–H and O–H groups in total. The van der Waals surface area contributed by atoms with E-state index in [9.17, 15) is 4.79 Å². The predicted octanol–water partition coefficient (Wildman–Crippen LogP) is 4.48. The molecular formula is C17H24BrNO3. The van der Waals surface area contributed by atoms with Crippen LogP contribution in [-0.4, -0.2) is 37.3 Å².